The first-order valence-electron chi connectivity index (χ1n) is 5.94. The van der Waals surface area contributed by atoms with Gasteiger partial charge in [0, 0.05) is 4.47 Å². The van der Waals surface area contributed by atoms with Crippen molar-refractivity contribution in [2.45, 2.75) is 20.0 Å². The van der Waals surface area contributed by atoms with Crippen molar-refractivity contribution in [1.29, 1.82) is 0 Å². The van der Waals surface area contributed by atoms with Crippen LogP contribution in [0, 0.1) is 0 Å². The van der Waals surface area contributed by atoms with E-state index in [-0.39, 0.29) is 0 Å². The molecule has 0 saturated carbocycles. The number of benzene rings is 2. The van der Waals surface area contributed by atoms with E-state index in [9.17, 15) is 0 Å². The van der Waals surface area contributed by atoms with Crippen LogP contribution in [0.3, 0.4) is 0 Å². The smallest absolute Gasteiger partial charge is 0.142 e. The minimum atomic E-state index is 0.538. The Morgan fingerprint density at radius 3 is 2.33 bits per heavy atom. The maximum atomic E-state index is 5.88. The lowest BCUT2D eigenvalue weighted by atomic mass is 10.1. The van der Waals surface area contributed by atoms with Gasteiger partial charge in [-0.25, -0.2) is 0 Å². The molecule has 2 aromatic rings. The number of hydrogen-bond donors (Lipinski definition) is 1. The highest BCUT2D eigenvalue weighted by atomic mass is 79.9. The van der Waals surface area contributed by atoms with Crippen LogP contribution >= 0.6 is 15.9 Å². The van der Waals surface area contributed by atoms with Gasteiger partial charge in [-0.15, -0.1) is 0 Å². The van der Waals surface area contributed by atoms with Gasteiger partial charge >= 0.3 is 0 Å². The second-order valence-corrected chi connectivity index (χ2v) is 5.06. The van der Waals surface area contributed by atoms with Crippen LogP contribution < -0.4 is 10.5 Å². The van der Waals surface area contributed by atoms with Crippen molar-refractivity contribution in [3.63, 3.8) is 0 Å². The quantitative estimate of drug-likeness (QED) is 0.860. The summed E-state index contributed by atoms with van der Waals surface area (Å²) >= 11 is 3.37. The van der Waals surface area contributed by atoms with E-state index in [1.807, 2.05) is 18.2 Å². The third kappa shape index (κ3) is 3.26. The van der Waals surface area contributed by atoms with Crippen molar-refractivity contribution in [3.8, 4) is 5.75 Å². The zero-order valence-electron chi connectivity index (χ0n) is 10.3. The number of halogens is 1. The highest BCUT2D eigenvalue weighted by molar-refractivity contribution is 9.10. The van der Waals surface area contributed by atoms with Gasteiger partial charge in [0.1, 0.15) is 12.4 Å². The highest BCUT2D eigenvalue weighted by Gasteiger charge is 2.01. The third-order valence-electron chi connectivity index (χ3n) is 2.80. The van der Waals surface area contributed by atoms with E-state index in [0.717, 1.165) is 22.2 Å². The Balaban J connectivity index is 2.02. The number of ether oxygens (including phenoxy) is 1. The predicted octanol–water partition coefficient (Wildman–Crippen LogP) is 4.17. The molecule has 2 nitrogen and oxygen atoms in total. The Labute approximate surface area is 116 Å². The molecule has 0 atom stereocenters. The molecule has 0 aliphatic heterocycles. The average Bonchev–Trinajstić information content (AvgIpc) is 2.38. The summed E-state index contributed by atoms with van der Waals surface area (Å²) in [6.07, 6.45) is 1.06. The fourth-order valence-corrected chi connectivity index (χ4v) is 2.06. The average molecular weight is 306 g/mol. The summed E-state index contributed by atoms with van der Waals surface area (Å²) in [4.78, 5) is 0. The van der Waals surface area contributed by atoms with E-state index < -0.39 is 0 Å². The Morgan fingerprint density at radius 1 is 1.06 bits per heavy atom. The van der Waals surface area contributed by atoms with E-state index in [1.165, 1.54) is 5.56 Å². The summed E-state index contributed by atoms with van der Waals surface area (Å²) in [6, 6.07) is 14.1. The molecule has 0 bridgehead atoms. The minimum absolute atomic E-state index is 0.538. The summed E-state index contributed by atoms with van der Waals surface area (Å²) in [5.41, 5.74) is 9.01. The number of nitrogens with two attached hydrogens (primary N) is 1. The van der Waals surface area contributed by atoms with Crippen LogP contribution in [0.2, 0.25) is 0 Å². The summed E-state index contributed by atoms with van der Waals surface area (Å²) in [7, 11) is 0. The fraction of sp³-hybridized carbons (Fsp3) is 0.200. The van der Waals surface area contributed by atoms with Crippen molar-refractivity contribution >= 4 is 21.6 Å². The molecule has 0 aromatic heterocycles. The van der Waals surface area contributed by atoms with Crippen molar-refractivity contribution in [2.24, 2.45) is 0 Å². The van der Waals surface area contributed by atoms with E-state index in [1.54, 1.807) is 0 Å². The van der Waals surface area contributed by atoms with Crippen molar-refractivity contribution in [2.75, 3.05) is 5.73 Å². The van der Waals surface area contributed by atoms with Crippen LogP contribution in [0.25, 0.3) is 0 Å². The van der Waals surface area contributed by atoms with Gasteiger partial charge in [0.05, 0.1) is 5.69 Å². The van der Waals surface area contributed by atoms with Crippen LogP contribution in [-0.2, 0) is 13.0 Å². The van der Waals surface area contributed by atoms with E-state index in [4.69, 9.17) is 10.5 Å². The van der Waals surface area contributed by atoms with Crippen LogP contribution in [0.4, 0.5) is 5.69 Å². The Morgan fingerprint density at radius 2 is 1.72 bits per heavy atom. The fourth-order valence-electron chi connectivity index (χ4n) is 1.68. The minimum Gasteiger partial charge on any atom is -0.487 e. The molecule has 0 fully saturated rings. The maximum Gasteiger partial charge on any atom is 0.142 e. The molecular formula is C15H16BrNO. The van der Waals surface area contributed by atoms with Crippen LogP contribution in [0.5, 0.6) is 5.75 Å². The summed E-state index contributed by atoms with van der Waals surface area (Å²) < 4.78 is 6.66. The van der Waals surface area contributed by atoms with Crippen molar-refractivity contribution < 1.29 is 4.74 Å². The van der Waals surface area contributed by atoms with Gasteiger partial charge < -0.3 is 10.5 Å². The molecule has 94 valence electrons. The number of anilines is 1. The molecule has 0 amide bonds. The second kappa shape index (κ2) is 5.91. The third-order valence-corrected chi connectivity index (χ3v) is 3.29. The van der Waals surface area contributed by atoms with Gasteiger partial charge in [-0.3, -0.25) is 0 Å². The van der Waals surface area contributed by atoms with Gasteiger partial charge in [-0.1, -0.05) is 47.1 Å². The molecule has 0 spiro atoms. The topological polar surface area (TPSA) is 35.2 Å². The van der Waals surface area contributed by atoms with Crippen LogP contribution in [0.1, 0.15) is 18.1 Å². The predicted molar refractivity (Wildman–Crippen MR) is 78.7 cm³/mol. The normalized spacial score (nSPS) is 10.3. The largest absolute Gasteiger partial charge is 0.487 e. The SMILES string of the molecule is CCc1ccc(COc2ccc(Br)cc2N)cc1. The molecule has 0 aliphatic carbocycles. The molecule has 3 heteroatoms. The zero-order chi connectivity index (χ0) is 13.0. The van der Waals surface area contributed by atoms with Gasteiger partial charge in [0.15, 0.2) is 0 Å². The second-order valence-electron chi connectivity index (χ2n) is 4.14. The highest BCUT2D eigenvalue weighted by Crippen LogP contribution is 2.25. The van der Waals surface area contributed by atoms with E-state index >= 15 is 0 Å². The lowest BCUT2D eigenvalue weighted by Crippen LogP contribution is -1.98. The lowest BCUT2D eigenvalue weighted by molar-refractivity contribution is 0.308. The lowest BCUT2D eigenvalue weighted by Gasteiger charge is -2.09. The first kappa shape index (κ1) is 13.0. The monoisotopic (exact) mass is 305 g/mol. The molecule has 0 saturated heterocycles. The van der Waals surface area contributed by atoms with Crippen molar-refractivity contribution in [1.82, 2.24) is 0 Å². The summed E-state index contributed by atoms with van der Waals surface area (Å²) in [5, 5.41) is 0. The molecule has 2 N–H and O–H groups in total. The Bertz CT molecular complexity index is 523. The Hall–Kier alpha value is -1.48. The summed E-state index contributed by atoms with van der Waals surface area (Å²) in [6.45, 7) is 2.68. The molecule has 2 rings (SSSR count). The molecule has 0 heterocycles. The molecule has 2 aromatic carbocycles. The first-order chi connectivity index (χ1) is 8.69. The van der Waals surface area contributed by atoms with E-state index in [0.29, 0.717) is 12.3 Å². The zero-order valence-corrected chi connectivity index (χ0v) is 11.9. The van der Waals surface area contributed by atoms with Crippen molar-refractivity contribution in [3.05, 3.63) is 58.1 Å². The number of nitrogen functional groups attached to an aromatic ring is 1. The van der Waals surface area contributed by atoms with Crippen LogP contribution in [-0.4, -0.2) is 0 Å². The van der Waals surface area contributed by atoms with E-state index in [2.05, 4.69) is 47.1 Å². The van der Waals surface area contributed by atoms with Gasteiger partial charge in [-0.2, -0.15) is 0 Å². The van der Waals surface area contributed by atoms with Crippen LogP contribution in [0.15, 0.2) is 46.9 Å². The number of rotatable bonds is 4. The standard InChI is InChI=1S/C15H16BrNO/c1-2-11-3-5-12(6-4-11)10-18-15-8-7-13(16)9-14(15)17/h3-9H,2,10,17H2,1H3. The van der Waals surface area contributed by atoms with Gasteiger partial charge in [-0.05, 0) is 35.7 Å². The first-order valence-corrected chi connectivity index (χ1v) is 6.74. The molecule has 18 heavy (non-hydrogen) atoms. The molecule has 0 radical (unpaired) electrons. The maximum absolute atomic E-state index is 5.88. The summed E-state index contributed by atoms with van der Waals surface area (Å²) in [5.74, 6) is 0.720. The number of hydrogen-bond acceptors (Lipinski definition) is 2. The number of aryl methyl sites for hydroxylation is 1. The van der Waals surface area contributed by atoms with Gasteiger partial charge in [0.2, 0.25) is 0 Å². The molecule has 0 unspecified atom stereocenters. The molecular weight excluding hydrogens is 290 g/mol. The molecule has 0 aliphatic rings. The van der Waals surface area contributed by atoms with Gasteiger partial charge in [0.25, 0.3) is 0 Å². The Kier molecular flexibility index (Phi) is 4.26.